The topological polar surface area (TPSA) is 74.3 Å². The van der Waals surface area contributed by atoms with Crippen molar-refractivity contribution in [2.75, 3.05) is 24.7 Å². The summed E-state index contributed by atoms with van der Waals surface area (Å²) in [7, 11) is -0.509. The Morgan fingerprint density at radius 1 is 1.04 bits per heavy atom. The van der Waals surface area contributed by atoms with Crippen LogP contribution >= 0.6 is 12.2 Å². The second-order valence-electron chi connectivity index (χ2n) is 5.77. The number of anilines is 2. The zero-order valence-electron chi connectivity index (χ0n) is 14.3. The summed E-state index contributed by atoms with van der Waals surface area (Å²) in [4.78, 5) is 4.51. The van der Waals surface area contributed by atoms with Crippen molar-refractivity contribution >= 4 is 49.6 Å². The molecule has 2 N–H and O–H groups in total. The highest BCUT2D eigenvalue weighted by atomic mass is 32.2. The minimum atomic E-state index is -3.50. The highest BCUT2D eigenvalue weighted by Gasteiger charge is 2.17. The second kappa shape index (κ2) is 7.36. The number of nitrogens with zero attached hydrogens (tertiary/aromatic N) is 2. The first-order valence-electron chi connectivity index (χ1n) is 7.82. The van der Waals surface area contributed by atoms with Gasteiger partial charge in [0.05, 0.1) is 10.4 Å². The molecule has 0 fully saturated rings. The first-order chi connectivity index (χ1) is 12.4. The second-order valence-corrected chi connectivity index (χ2v) is 8.33. The van der Waals surface area contributed by atoms with Crippen LogP contribution < -0.4 is 10.6 Å². The van der Waals surface area contributed by atoms with Gasteiger partial charge in [0.2, 0.25) is 10.0 Å². The first kappa shape index (κ1) is 18.2. The van der Waals surface area contributed by atoms with Crippen LogP contribution in [0.25, 0.3) is 10.9 Å². The number of hydrogen-bond acceptors (Lipinski definition) is 4. The molecule has 0 saturated carbocycles. The minimum Gasteiger partial charge on any atom is -0.332 e. The smallest absolute Gasteiger partial charge is 0.242 e. The Hall–Kier alpha value is -2.55. The maximum absolute atomic E-state index is 12.3. The van der Waals surface area contributed by atoms with Gasteiger partial charge >= 0.3 is 0 Å². The third kappa shape index (κ3) is 3.82. The standard InChI is InChI=1S/C18H18N4O2S2/c1-22(2)26(23,24)14-7-3-6-13(12-14)20-18(25)21-17-10-4-9-16-15(17)8-5-11-19-16/h3-12H,1-2H3,(H2,20,21,25). The molecule has 3 aromatic rings. The number of fused-ring (bicyclic) bond motifs is 1. The van der Waals surface area contributed by atoms with E-state index in [0.29, 0.717) is 10.8 Å². The molecule has 0 radical (unpaired) electrons. The molecule has 0 saturated heterocycles. The van der Waals surface area contributed by atoms with Gasteiger partial charge in [-0.05, 0) is 54.7 Å². The summed E-state index contributed by atoms with van der Waals surface area (Å²) in [5.74, 6) is 0. The molecular formula is C18H18N4O2S2. The van der Waals surface area contributed by atoms with Crippen LogP contribution in [0.15, 0.2) is 65.7 Å². The summed E-state index contributed by atoms with van der Waals surface area (Å²) < 4.78 is 25.7. The van der Waals surface area contributed by atoms with E-state index in [1.807, 2.05) is 30.3 Å². The van der Waals surface area contributed by atoms with Crippen molar-refractivity contribution in [2.45, 2.75) is 4.90 Å². The molecule has 8 heteroatoms. The van der Waals surface area contributed by atoms with Crippen LogP contribution in [-0.2, 0) is 10.0 Å². The lowest BCUT2D eigenvalue weighted by Crippen LogP contribution is -2.23. The van der Waals surface area contributed by atoms with Crippen LogP contribution in [0.4, 0.5) is 11.4 Å². The molecule has 134 valence electrons. The Morgan fingerprint density at radius 3 is 2.58 bits per heavy atom. The summed E-state index contributed by atoms with van der Waals surface area (Å²) in [6.07, 6.45) is 1.74. The number of sulfonamides is 1. The normalized spacial score (nSPS) is 11.5. The van der Waals surface area contributed by atoms with Crippen molar-refractivity contribution in [1.29, 1.82) is 0 Å². The van der Waals surface area contributed by atoms with Crippen molar-refractivity contribution in [3.63, 3.8) is 0 Å². The summed E-state index contributed by atoms with van der Waals surface area (Å²) >= 11 is 5.37. The molecule has 0 spiro atoms. The summed E-state index contributed by atoms with van der Waals surface area (Å²) in [5, 5.41) is 7.47. The number of nitrogens with one attached hydrogen (secondary N) is 2. The molecule has 1 heterocycles. The van der Waals surface area contributed by atoms with Gasteiger partial charge in [0.1, 0.15) is 0 Å². The van der Waals surface area contributed by atoms with Gasteiger partial charge in [-0.15, -0.1) is 0 Å². The third-order valence-electron chi connectivity index (χ3n) is 3.76. The van der Waals surface area contributed by atoms with E-state index in [0.717, 1.165) is 16.6 Å². The first-order valence-corrected chi connectivity index (χ1v) is 9.67. The Labute approximate surface area is 157 Å². The van der Waals surface area contributed by atoms with Crippen LogP contribution in [0.1, 0.15) is 0 Å². The van der Waals surface area contributed by atoms with E-state index in [4.69, 9.17) is 12.2 Å². The molecule has 3 rings (SSSR count). The summed E-state index contributed by atoms with van der Waals surface area (Å²) in [5.41, 5.74) is 2.27. The fourth-order valence-corrected chi connectivity index (χ4v) is 3.62. The number of rotatable bonds is 4. The van der Waals surface area contributed by atoms with E-state index in [9.17, 15) is 8.42 Å². The van der Waals surface area contributed by atoms with Crippen LogP contribution in [-0.4, -0.2) is 36.9 Å². The Kier molecular flexibility index (Phi) is 5.17. The highest BCUT2D eigenvalue weighted by molar-refractivity contribution is 7.89. The van der Waals surface area contributed by atoms with Crippen molar-refractivity contribution in [2.24, 2.45) is 0 Å². The van der Waals surface area contributed by atoms with Crippen LogP contribution in [0.2, 0.25) is 0 Å². The minimum absolute atomic E-state index is 0.199. The molecule has 0 bridgehead atoms. The van der Waals surface area contributed by atoms with Crippen molar-refractivity contribution in [1.82, 2.24) is 9.29 Å². The van der Waals surface area contributed by atoms with Gasteiger partial charge in [-0.2, -0.15) is 0 Å². The van der Waals surface area contributed by atoms with Crippen molar-refractivity contribution in [3.05, 3.63) is 60.8 Å². The van der Waals surface area contributed by atoms with Crippen LogP contribution in [0.5, 0.6) is 0 Å². The molecule has 0 aliphatic heterocycles. The average Bonchev–Trinajstić information content (AvgIpc) is 2.62. The lowest BCUT2D eigenvalue weighted by atomic mass is 10.2. The zero-order chi connectivity index (χ0) is 18.7. The molecule has 26 heavy (non-hydrogen) atoms. The van der Waals surface area contributed by atoms with Gasteiger partial charge < -0.3 is 10.6 Å². The van der Waals surface area contributed by atoms with E-state index in [2.05, 4.69) is 15.6 Å². The molecule has 2 aromatic carbocycles. The van der Waals surface area contributed by atoms with Crippen molar-refractivity contribution < 1.29 is 8.42 Å². The van der Waals surface area contributed by atoms with Gasteiger partial charge in [0.25, 0.3) is 0 Å². The molecule has 1 aromatic heterocycles. The van der Waals surface area contributed by atoms with Crippen LogP contribution in [0, 0.1) is 0 Å². The Morgan fingerprint density at radius 2 is 1.81 bits per heavy atom. The van der Waals surface area contributed by atoms with Crippen molar-refractivity contribution in [3.8, 4) is 0 Å². The Bertz CT molecular complexity index is 1060. The molecule has 6 nitrogen and oxygen atoms in total. The predicted molar refractivity (Wildman–Crippen MR) is 109 cm³/mol. The molecule has 0 atom stereocenters. The summed E-state index contributed by atoms with van der Waals surface area (Å²) in [6.45, 7) is 0. The van der Waals surface area contributed by atoms with E-state index >= 15 is 0 Å². The fourth-order valence-electron chi connectivity index (χ4n) is 2.44. The van der Waals surface area contributed by atoms with Gasteiger partial charge in [0.15, 0.2) is 5.11 Å². The lowest BCUT2D eigenvalue weighted by Gasteiger charge is -2.15. The van der Waals surface area contributed by atoms with Gasteiger partial charge in [-0.25, -0.2) is 12.7 Å². The summed E-state index contributed by atoms with van der Waals surface area (Å²) in [6, 6.07) is 16.1. The van der Waals surface area contributed by atoms with E-state index in [1.54, 1.807) is 30.5 Å². The SMILES string of the molecule is CN(C)S(=O)(=O)c1cccc(NC(=S)Nc2cccc3ncccc23)c1. The fraction of sp³-hybridized carbons (Fsp3) is 0.111. The maximum Gasteiger partial charge on any atom is 0.242 e. The van der Waals surface area contributed by atoms with E-state index in [1.165, 1.54) is 18.4 Å². The number of thiocarbonyl (C=S) groups is 1. The predicted octanol–water partition coefficient (Wildman–Crippen LogP) is 3.29. The number of hydrogen-bond donors (Lipinski definition) is 2. The highest BCUT2D eigenvalue weighted by Crippen LogP contribution is 2.22. The number of benzene rings is 2. The monoisotopic (exact) mass is 386 g/mol. The molecule has 0 amide bonds. The van der Waals surface area contributed by atoms with Crippen LogP contribution in [0.3, 0.4) is 0 Å². The van der Waals surface area contributed by atoms with Gasteiger partial charge in [-0.3, -0.25) is 4.98 Å². The van der Waals surface area contributed by atoms with Gasteiger partial charge in [-0.1, -0.05) is 12.1 Å². The largest absolute Gasteiger partial charge is 0.332 e. The van der Waals surface area contributed by atoms with E-state index in [-0.39, 0.29) is 4.90 Å². The molecule has 0 aliphatic rings. The van der Waals surface area contributed by atoms with E-state index < -0.39 is 10.0 Å². The lowest BCUT2D eigenvalue weighted by molar-refractivity contribution is 0.521. The Balaban J connectivity index is 1.80. The average molecular weight is 387 g/mol. The molecule has 0 aliphatic carbocycles. The molecular weight excluding hydrogens is 368 g/mol. The number of aromatic nitrogens is 1. The molecule has 0 unspecified atom stereocenters. The quantitative estimate of drug-likeness (QED) is 0.670. The zero-order valence-corrected chi connectivity index (χ0v) is 15.9. The maximum atomic E-state index is 12.3. The number of pyridine rings is 1. The third-order valence-corrected chi connectivity index (χ3v) is 5.78. The van der Waals surface area contributed by atoms with Gasteiger partial charge in [0, 0.05) is 37.1 Å².